The van der Waals surface area contributed by atoms with Crippen LogP contribution in [0.2, 0.25) is 0 Å². The number of hydrogen-bond acceptors (Lipinski definition) is 14. The van der Waals surface area contributed by atoms with Crippen LogP contribution in [0.3, 0.4) is 0 Å². The highest BCUT2D eigenvalue weighted by atomic mass is 32.1. The van der Waals surface area contributed by atoms with Crippen molar-refractivity contribution in [3.63, 3.8) is 0 Å². The Kier molecular flexibility index (Phi) is 17.6. The van der Waals surface area contributed by atoms with Crippen LogP contribution < -0.4 is 16.0 Å². The van der Waals surface area contributed by atoms with Crippen molar-refractivity contribution in [2.75, 3.05) is 67.3 Å². The predicted octanol–water partition coefficient (Wildman–Crippen LogP) is 5.62. The summed E-state index contributed by atoms with van der Waals surface area (Å²) in [5, 5.41) is 8.79. The van der Waals surface area contributed by atoms with E-state index in [1.807, 2.05) is 57.3 Å². The summed E-state index contributed by atoms with van der Waals surface area (Å²) in [6.07, 6.45) is 8.04. The van der Waals surface area contributed by atoms with Crippen molar-refractivity contribution in [3.8, 4) is 22.4 Å². The molecule has 2 aliphatic rings. The third-order valence-electron chi connectivity index (χ3n) is 11.6. The molecule has 6 rings (SSSR count). The summed E-state index contributed by atoms with van der Waals surface area (Å²) in [5.74, 6) is 0.172. The van der Waals surface area contributed by atoms with E-state index in [0.29, 0.717) is 71.0 Å². The third kappa shape index (κ3) is 12.0. The molecule has 4 N–H and O–H groups in total. The number of fused-ring (bicyclic) bond motifs is 1. The van der Waals surface area contributed by atoms with Crippen LogP contribution in [-0.2, 0) is 35.1 Å². The second kappa shape index (κ2) is 23.7. The molecule has 2 saturated heterocycles. The molecule has 0 saturated carbocycles. The minimum absolute atomic E-state index is 0.0550. The van der Waals surface area contributed by atoms with Crippen molar-refractivity contribution >= 4 is 58.7 Å². The Morgan fingerprint density at radius 1 is 0.828 bits per heavy atom. The first-order valence-electron chi connectivity index (χ1n) is 21.9. The number of aromatic nitrogens is 4. The summed E-state index contributed by atoms with van der Waals surface area (Å²) >= 11 is 1.13. The number of aromatic amines is 1. The highest BCUT2D eigenvalue weighted by molar-refractivity contribution is 7.00. The molecule has 2 fully saturated rings. The monoisotopic (exact) mass is 900 g/mol. The highest BCUT2D eigenvalue weighted by Gasteiger charge is 2.36. The van der Waals surface area contributed by atoms with Gasteiger partial charge in [0.25, 0.3) is 0 Å². The molecular formula is C45H60N10O8S. The van der Waals surface area contributed by atoms with Crippen LogP contribution in [0, 0.1) is 11.8 Å². The van der Waals surface area contributed by atoms with Gasteiger partial charge in [-0.05, 0) is 67.6 Å². The van der Waals surface area contributed by atoms with Gasteiger partial charge in [-0.3, -0.25) is 14.6 Å². The predicted molar refractivity (Wildman–Crippen MR) is 244 cm³/mol. The summed E-state index contributed by atoms with van der Waals surface area (Å²) in [6.45, 7) is 7.69. The number of benzene rings is 2. The molecule has 0 bridgehead atoms. The van der Waals surface area contributed by atoms with E-state index < -0.39 is 24.3 Å². The standard InChI is InChI=1S/C45H60N10O8S/c1-6-19-54(42(56)38(50-44(58)60-4)31-14-22-62-23-15-31)21-18-47-26-36(46-3)34-13-12-33(40-41(34)53-64-52-40)29-8-10-30(11-9-29)35-27-48-37(49-35)28-55(20-7-2)43(57)39(51-45(59)61-5)32-16-24-63-25-17-32/h8-13,18,26-27,31-32,38-39,46H,6-7,14-17,19-25,28H2,1-5H3,(H,48,49)(H,50,58)(H,51,59)/b36-26-,47-18?. The molecule has 0 spiro atoms. The molecule has 2 atom stereocenters. The topological polar surface area (TPSA) is 215 Å². The van der Waals surface area contributed by atoms with Gasteiger partial charge in [-0.25, -0.2) is 14.6 Å². The number of imidazole rings is 1. The molecule has 2 unspecified atom stereocenters. The van der Waals surface area contributed by atoms with Crippen LogP contribution >= 0.6 is 11.7 Å². The summed E-state index contributed by atoms with van der Waals surface area (Å²) in [6, 6.07) is 10.7. The molecule has 344 valence electrons. The smallest absolute Gasteiger partial charge is 0.407 e. The minimum atomic E-state index is -0.723. The fourth-order valence-corrected chi connectivity index (χ4v) is 8.76. The number of nitrogens with zero attached hydrogens (tertiary/aromatic N) is 6. The zero-order chi connectivity index (χ0) is 45.4. The first-order valence-corrected chi connectivity index (χ1v) is 22.6. The fraction of sp³-hybridized carbons (Fsp3) is 0.511. The molecule has 4 heterocycles. The van der Waals surface area contributed by atoms with E-state index in [9.17, 15) is 19.2 Å². The zero-order valence-corrected chi connectivity index (χ0v) is 38.1. The first kappa shape index (κ1) is 47.6. The largest absolute Gasteiger partial charge is 0.453 e. The second-order valence-electron chi connectivity index (χ2n) is 15.7. The maximum absolute atomic E-state index is 13.9. The molecule has 0 aliphatic carbocycles. The molecule has 2 aromatic carbocycles. The van der Waals surface area contributed by atoms with Crippen molar-refractivity contribution in [2.24, 2.45) is 16.8 Å². The first-order chi connectivity index (χ1) is 31.2. The van der Waals surface area contributed by atoms with Crippen LogP contribution in [0.15, 0.2) is 53.8 Å². The maximum atomic E-state index is 13.9. The highest BCUT2D eigenvalue weighted by Crippen LogP contribution is 2.33. The number of alkyl carbamates (subject to hydrolysis) is 2. The van der Waals surface area contributed by atoms with Gasteiger partial charge in [-0.2, -0.15) is 8.75 Å². The van der Waals surface area contributed by atoms with E-state index in [-0.39, 0.29) is 36.7 Å². The molecule has 18 nitrogen and oxygen atoms in total. The number of H-pyrrole nitrogens is 1. The van der Waals surface area contributed by atoms with Gasteiger partial charge < -0.3 is 49.7 Å². The maximum Gasteiger partial charge on any atom is 0.407 e. The van der Waals surface area contributed by atoms with Gasteiger partial charge in [0.2, 0.25) is 11.8 Å². The summed E-state index contributed by atoms with van der Waals surface area (Å²) in [4.78, 5) is 68.3. The molecule has 0 radical (unpaired) electrons. The normalized spacial score (nSPS) is 16.0. The molecule has 4 amide bonds. The number of methoxy groups -OCH3 is 2. The molecule has 4 aromatic rings. The van der Waals surface area contributed by atoms with Gasteiger partial charge in [-0.1, -0.05) is 44.2 Å². The molecule has 2 aliphatic heterocycles. The third-order valence-corrected chi connectivity index (χ3v) is 12.1. The van der Waals surface area contributed by atoms with Crippen molar-refractivity contribution in [1.29, 1.82) is 0 Å². The number of aliphatic imine (C=N–C) groups is 1. The van der Waals surface area contributed by atoms with Gasteiger partial charge in [0.05, 0.1) is 62.8 Å². The van der Waals surface area contributed by atoms with Gasteiger partial charge in [0.15, 0.2) is 0 Å². The number of hydrogen-bond donors (Lipinski definition) is 4. The summed E-state index contributed by atoms with van der Waals surface area (Å²) in [5.41, 5.74) is 6.63. The molecule has 64 heavy (non-hydrogen) atoms. The van der Waals surface area contributed by atoms with E-state index in [2.05, 4.69) is 39.7 Å². The Labute approximate surface area is 377 Å². The lowest BCUT2D eigenvalue weighted by molar-refractivity contribution is -0.136. The Morgan fingerprint density at radius 2 is 1.39 bits per heavy atom. The van der Waals surface area contributed by atoms with Gasteiger partial charge >= 0.3 is 12.2 Å². The van der Waals surface area contributed by atoms with Crippen molar-refractivity contribution in [1.82, 2.24) is 44.5 Å². The number of carbonyl (C=O) groups is 4. The zero-order valence-electron chi connectivity index (χ0n) is 37.3. The Morgan fingerprint density at radius 3 is 1.97 bits per heavy atom. The van der Waals surface area contributed by atoms with E-state index in [1.54, 1.807) is 28.4 Å². The number of amides is 4. The molecule has 2 aromatic heterocycles. The number of nitrogens with one attached hydrogen (secondary N) is 4. The average molecular weight is 901 g/mol. The SMILES string of the molecule is CCCN(CC=N/C=C(\NC)c1ccc(-c2ccc(-c3cnc(CN(CCC)C(=O)C(NC(=O)OC)C4CCOCC4)[nH]3)cc2)c2nsnc12)C(=O)C(NC(=O)OC)C1CCOCC1. The Balaban J connectivity index is 1.14. The Bertz CT molecular complexity index is 2230. The van der Waals surface area contributed by atoms with E-state index in [4.69, 9.17) is 18.9 Å². The quantitative estimate of drug-likeness (QED) is 0.0845. The van der Waals surface area contributed by atoms with Crippen molar-refractivity contribution in [3.05, 3.63) is 60.2 Å². The van der Waals surface area contributed by atoms with E-state index in [1.165, 1.54) is 14.2 Å². The summed E-state index contributed by atoms with van der Waals surface area (Å²) in [7, 11) is 4.40. The van der Waals surface area contributed by atoms with E-state index >= 15 is 0 Å². The van der Waals surface area contributed by atoms with Gasteiger partial charge in [0.1, 0.15) is 28.9 Å². The molecule has 19 heteroatoms. The Hall–Kier alpha value is -5.92. The fourth-order valence-electron chi connectivity index (χ4n) is 8.18. The lowest BCUT2D eigenvalue weighted by Gasteiger charge is -2.33. The van der Waals surface area contributed by atoms with Crippen molar-refractivity contribution < 1.29 is 38.1 Å². The van der Waals surface area contributed by atoms with Crippen LogP contribution in [0.4, 0.5) is 9.59 Å². The lowest BCUT2D eigenvalue weighted by Crippen LogP contribution is -2.53. The van der Waals surface area contributed by atoms with Gasteiger partial charge in [0, 0.05) is 63.9 Å². The molecular weight excluding hydrogens is 841 g/mol. The van der Waals surface area contributed by atoms with Crippen molar-refractivity contribution in [2.45, 2.75) is 71.0 Å². The average Bonchev–Trinajstić information content (AvgIpc) is 4.03. The van der Waals surface area contributed by atoms with Crippen LogP contribution in [-0.4, -0.2) is 138 Å². The van der Waals surface area contributed by atoms with Gasteiger partial charge in [-0.15, -0.1) is 0 Å². The van der Waals surface area contributed by atoms with Crippen LogP contribution in [0.25, 0.3) is 39.1 Å². The number of carbonyl (C=O) groups excluding carboxylic acids is 4. The van der Waals surface area contributed by atoms with Crippen LogP contribution in [0.1, 0.15) is 63.8 Å². The number of ether oxygens (including phenoxy) is 4. The van der Waals surface area contributed by atoms with E-state index in [0.717, 1.165) is 69.2 Å². The van der Waals surface area contributed by atoms with Crippen LogP contribution in [0.5, 0.6) is 0 Å². The number of rotatable bonds is 19. The lowest BCUT2D eigenvalue weighted by atomic mass is 9.90. The second-order valence-corrected chi connectivity index (χ2v) is 16.3. The summed E-state index contributed by atoms with van der Waals surface area (Å²) < 4.78 is 30.1. The minimum Gasteiger partial charge on any atom is -0.453 e.